The van der Waals surface area contributed by atoms with E-state index in [1.54, 1.807) is 0 Å². The summed E-state index contributed by atoms with van der Waals surface area (Å²) >= 11 is 0. The largest absolute Gasteiger partial charge is 0.411 e. The molecule has 1 amide bonds. The number of carbonyl (C=O) groups excluding carboxylic acids is 1. The summed E-state index contributed by atoms with van der Waals surface area (Å²) in [5.74, 6) is -0.513. The van der Waals surface area contributed by atoms with Gasteiger partial charge in [0.05, 0.1) is 6.10 Å². The Bertz CT molecular complexity index is 257. The van der Waals surface area contributed by atoms with Crippen LogP contribution in [0.4, 0.5) is 13.2 Å². The second kappa shape index (κ2) is 5.01. The summed E-state index contributed by atoms with van der Waals surface area (Å²) in [5, 5.41) is 9.17. The number of hydrogen-bond acceptors (Lipinski definition) is 3. The van der Waals surface area contributed by atoms with Crippen LogP contribution < -0.4 is 0 Å². The van der Waals surface area contributed by atoms with Crippen LogP contribution in [-0.2, 0) is 9.53 Å². The van der Waals surface area contributed by atoms with Gasteiger partial charge in [-0.3, -0.25) is 4.79 Å². The van der Waals surface area contributed by atoms with E-state index in [1.807, 2.05) is 0 Å². The number of nitrogens with zero attached hydrogens (tertiary/aromatic N) is 1. The molecule has 4 nitrogen and oxygen atoms in total. The van der Waals surface area contributed by atoms with E-state index in [4.69, 9.17) is 0 Å². The van der Waals surface area contributed by atoms with Crippen LogP contribution in [0.5, 0.6) is 0 Å². The molecule has 0 bridgehead atoms. The Morgan fingerprint density at radius 2 is 2.25 bits per heavy atom. The summed E-state index contributed by atoms with van der Waals surface area (Å²) in [6.45, 7) is 0.368. The fraction of sp³-hybridized carbons (Fsp3) is 0.889. The van der Waals surface area contributed by atoms with E-state index >= 15 is 0 Å². The van der Waals surface area contributed by atoms with Crippen LogP contribution in [0, 0.1) is 0 Å². The van der Waals surface area contributed by atoms with Gasteiger partial charge in [-0.1, -0.05) is 0 Å². The molecule has 1 unspecified atom stereocenters. The SMILES string of the molecule is CC(OCC(F)(F)F)C(=O)N1CC[C@@H](O)C1. The van der Waals surface area contributed by atoms with Crippen molar-refractivity contribution in [2.24, 2.45) is 0 Å². The van der Waals surface area contributed by atoms with Gasteiger partial charge in [0.2, 0.25) is 0 Å². The maximum absolute atomic E-state index is 11.8. The third kappa shape index (κ3) is 3.97. The summed E-state index contributed by atoms with van der Waals surface area (Å²) in [4.78, 5) is 12.8. The van der Waals surface area contributed by atoms with Gasteiger partial charge in [0.1, 0.15) is 12.7 Å². The van der Waals surface area contributed by atoms with Gasteiger partial charge in [0, 0.05) is 13.1 Å². The molecule has 0 spiro atoms. The van der Waals surface area contributed by atoms with Crippen LogP contribution in [0.3, 0.4) is 0 Å². The number of likely N-dealkylation sites (tertiary alicyclic amines) is 1. The van der Waals surface area contributed by atoms with E-state index in [9.17, 15) is 23.1 Å². The molecule has 1 aliphatic rings. The van der Waals surface area contributed by atoms with E-state index < -0.39 is 30.9 Å². The summed E-state index contributed by atoms with van der Waals surface area (Å²) in [5.41, 5.74) is 0. The Balaban J connectivity index is 2.36. The zero-order chi connectivity index (χ0) is 12.3. The average Bonchev–Trinajstić information content (AvgIpc) is 2.59. The molecule has 0 aromatic rings. The minimum absolute atomic E-state index is 0.165. The van der Waals surface area contributed by atoms with Crippen molar-refractivity contribution < 1.29 is 27.8 Å². The number of rotatable bonds is 3. The monoisotopic (exact) mass is 241 g/mol. The van der Waals surface area contributed by atoms with Crippen LogP contribution in [0.25, 0.3) is 0 Å². The minimum Gasteiger partial charge on any atom is -0.391 e. The molecule has 1 heterocycles. The van der Waals surface area contributed by atoms with Crippen molar-refractivity contribution in [3.05, 3.63) is 0 Å². The molecule has 7 heteroatoms. The zero-order valence-corrected chi connectivity index (χ0v) is 8.83. The van der Waals surface area contributed by atoms with Gasteiger partial charge in [0.25, 0.3) is 5.91 Å². The van der Waals surface area contributed by atoms with Crippen LogP contribution in [0.1, 0.15) is 13.3 Å². The number of hydrogen-bond donors (Lipinski definition) is 1. The van der Waals surface area contributed by atoms with Gasteiger partial charge in [-0.15, -0.1) is 0 Å². The molecular weight excluding hydrogens is 227 g/mol. The van der Waals surface area contributed by atoms with E-state index in [-0.39, 0.29) is 6.54 Å². The number of halogens is 3. The van der Waals surface area contributed by atoms with E-state index in [0.717, 1.165) is 0 Å². The lowest BCUT2D eigenvalue weighted by Crippen LogP contribution is -2.39. The lowest BCUT2D eigenvalue weighted by Gasteiger charge is -2.21. The first kappa shape index (κ1) is 13.2. The Labute approximate surface area is 91.0 Å². The molecule has 94 valence electrons. The van der Waals surface area contributed by atoms with Crippen LogP contribution in [0.15, 0.2) is 0 Å². The van der Waals surface area contributed by atoms with Crippen molar-refractivity contribution in [2.75, 3.05) is 19.7 Å². The number of aliphatic hydroxyl groups excluding tert-OH is 1. The molecule has 1 saturated heterocycles. The highest BCUT2D eigenvalue weighted by molar-refractivity contribution is 5.80. The molecule has 0 aliphatic carbocycles. The molecule has 0 aromatic heterocycles. The van der Waals surface area contributed by atoms with Gasteiger partial charge in [0.15, 0.2) is 0 Å². The maximum atomic E-state index is 11.8. The smallest absolute Gasteiger partial charge is 0.391 e. The lowest BCUT2D eigenvalue weighted by atomic mass is 10.3. The van der Waals surface area contributed by atoms with Gasteiger partial charge in [-0.25, -0.2) is 0 Å². The Kier molecular flexibility index (Phi) is 4.15. The number of ether oxygens (including phenoxy) is 1. The first-order valence-electron chi connectivity index (χ1n) is 4.95. The molecule has 2 atom stereocenters. The Morgan fingerprint density at radius 3 is 2.69 bits per heavy atom. The molecule has 0 aromatic carbocycles. The molecule has 16 heavy (non-hydrogen) atoms. The molecule has 1 N–H and O–H groups in total. The highest BCUT2D eigenvalue weighted by Gasteiger charge is 2.32. The highest BCUT2D eigenvalue weighted by atomic mass is 19.4. The normalized spacial score (nSPS) is 23.6. The predicted molar refractivity (Wildman–Crippen MR) is 48.7 cm³/mol. The van der Waals surface area contributed by atoms with Crippen LogP contribution in [-0.4, -0.2) is 54.0 Å². The van der Waals surface area contributed by atoms with Crippen LogP contribution >= 0.6 is 0 Å². The summed E-state index contributed by atoms with van der Waals surface area (Å²) < 4.78 is 39.9. The first-order valence-corrected chi connectivity index (χ1v) is 4.95. The van der Waals surface area contributed by atoms with E-state index in [0.29, 0.717) is 13.0 Å². The van der Waals surface area contributed by atoms with Crippen molar-refractivity contribution in [1.82, 2.24) is 4.90 Å². The molecule has 1 rings (SSSR count). The van der Waals surface area contributed by atoms with Gasteiger partial charge >= 0.3 is 6.18 Å². The lowest BCUT2D eigenvalue weighted by molar-refractivity contribution is -0.188. The number of aliphatic hydroxyl groups is 1. The third-order valence-corrected chi connectivity index (χ3v) is 2.32. The van der Waals surface area contributed by atoms with E-state index in [1.165, 1.54) is 11.8 Å². The standard InChI is InChI=1S/C9H14F3NO3/c1-6(16-5-9(10,11)12)8(15)13-3-2-7(14)4-13/h6-7,14H,2-5H2,1H3/t6?,7-/m1/s1. The molecule has 1 fully saturated rings. The highest BCUT2D eigenvalue weighted by Crippen LogP contribution is 2.17. The average molecular weight is 241 g/mol. The Hall–Kier alpha value is -0.820. The topological polar surface area (TPSA) is 49.8 Å². The second-order valence-electron chi connectivity index (χ2n) is 3.80. The molecule has 1 aliphatic heterocycles. The van der Waals surface area contributed by atoms with Gasteiger partial charge in [-0.05, 0) is 13.3 Å². The number of β-amino-alcohol motifs (C(OH)–C–C–N with tert-alkyl or cyclic N) is 1. The number of carbonyl (C=O) groups is 1. The summed E-state index contributed by atoms with van der Waals surface area (Å²) in [6.07, 6.45) is -5.69. The summed E-state index contributed by atoms with van der Waals surface area (Å²) in [6, 6.07) is 0. The van der Waals surface area contributed by atoms with E-state index in [2.05, 4.69) is 4.74 Å². The maximum Gasteiger partial charge on any atom is 0.411 e. The second-order valence-corrected chi connectivity index (χ2v) is 3.80. The molecule has 0 radical (unpaired) electrons. The van der Waals surface area contributed by atoms with Gasteiger partial charge in [-0.2, -0.15) is 13.2 Å². The van der Waals surface area contributed by atoms with Crippen LogP contribution in [0.2, 0.25) is 0 Å². The van der Waals surface area contributed by atoms with Gasteiger partial charge < -0.3 is 14.7 Å². The minimum atomic E-state index is -4.43. The van der Waals surface area contributed by atoms with Crippen molar-refractivity contribution >= 4 is 5.91 Å². The molecule has 0 saturated carbocycles. The van der Waals surface area contributed by atoms with Crippen molar-refractivity contribution in [3.8, 4) is 0 Å². The summed E-state index contributed by atoms with van der Waals surface area (Å²) in [7, 11) is 0. The van der Waals surface area contributed by atoms with Crippen molar-refractivity contribution in [2.45, 2.75) is 31.7 Å². The molecular formula is C9H14F3NO3. The third-order valence-electron chi connectivity index (χ3n) is 2.32. The van der Waals surface area contributed by atoms with Crippen molar-refractivity contribution in [3.63, 3.8) is 0 Å². The fourth-order valence-corrected chi connectivity index (χ4v) is 1.49. The number of alkyl halides is 3. The van der Waals surface area contributed by atoms with Crippen molar-refractivity contribution in [1.29, 1.82) is 0 Å². The number of amides is 1. The zero-order valence-electron chi connectivity index (χ0n) is 8.83. The quantitative estimate of drug-likeness (QED) is 0.785. The first-order chi connectivity index (χ1) is 7.29. The fourth-order valence-electron chi connectivity index (χ4n) is 1.49. The predicted octanol–water partition coefficient (Wildman–Crippen LogP) is 0.547. The Morgan fingerprint density at radius 1 is 1.62 bits per heavy atom.